The summed E-state index contributed by atoms with van der Waals surface area (Å²) in [5, 5.41) is 0. The highest BCUT2D eigenvalue weighted by Crippen LogP contribution is 2.07. The molecule has 0 aromatic heterocycles. The van der Waals surface area contributed by atoms with Gasteiger partial charge in [0.25, 0.3) is 0 Å². The molecular formula is C17H22O2. The maximum absolute atomic E-state index is 10.9. The van der Waals surface area contributed by atoms with Crippen molar-refractivity contribution in [3.05, 3.63) is 35.9 Å². The molecule has 0 spiro atoms. The number of rotatable bonds is 10. The van der Waals surface area contributed by atoms with Crippen molar-refractivity contribution in [3.8, 4) is 12.3 Å². The summed E-state index contributed by atoms with van der Waals surface area (Å²) in [6, 6.07) is 10.2. The van der Waals surface area contributed by atoms with E-state index in [9.17, 15) is 4.79 Å². The quantitative estimate of drug-likeness (QED) is 0.363. The standard InChI is InChI=1S/C17H22O2/c1-2-17(18)13-9-4-3-5-10-14-19-15-16-11-7-6-8-12-16/h1,6-8,11-12H,3-5,9-10,13-15H2. The fourth-order valence-corrected chi connectivity index (χ4v) is 1.86. The fraction of sp³-hybridized carbons (Fsp3) is 0.471. The number of terminal acetylenes is 1. The van der Waals surface area contributed by atoms with Gasteiger partial charge in [0.05, 0.1) is 6.61 Å². The van der Waals surface area contributed by atoms with E-state index in [-0.39, 0.29) is 5.78 Å². The molecule has 2 heteroatoms. The van der Waals surface area contributed by atoms with E-state index in [1.165, 1.54) is 5.56 Å². The van der Waals surface area contributed by atoms with Crippen LogP contribution in [-0.4, -0.2) is 12.4 Å². The summed E-state index contributed by atoms with van der Waals surface area (Å²) in [6.45, 7) is 1.50. The first kappa shape index (κ1) is 15.5. The molecule has 0 radical (unpaired) electrons. The molecule has 0 aliphatic carbocycles. The van der Waals surface area contributed by atoms with Crippen LogP contribution in [0.3, 0.4) is 0 Å². The number of ketones is 1. The van der Waals surface area contributed by atoms with E-state index in [1.807, 2.05) is 18.2 Å². The van der Waals surface area contributed by atoms with Crippen LogP contribution < -0.4 is 0 Å². The highest BCUT2D eigenvalue weighted by atomic mass is 16.5. The lowest BCUT2D eigenvalue weighted by atomic mass is 10.1. The zero-order valence-electron chi connectivity index (χ0n) is 11.4. The van der Waals surface area contributed by atoms with Crippen molar-refractivity contribution in [2.45, 2.75) is 45.1 Å². The lowest BCUT2D eigenvalue weighted by Gasteiger charge is -2.04. The first-order valence-corrected chi connectivity index (χ1v) is 6.94. The second-order valence-corrected chi connectivity index (χ2v) is 4.62. The van der Waals surface area contributed by atoms with E-state index in [0.29, 0.717) is 13.0 Å². The van der Waals surface area contributed by atoms with Crippen LogP contribution in [0.4, 0.5) is 0 Å². The first-order valence-electron chi connectivity index (χ1n) is 6.94. The summed E-state index contributed by atoms with van der Waals surface area (Å²) in [7, 11) is 0. The van der Waals surface area contributed by atoms with Crippen LogP contribution in [0, 0.1) is 12.3 Å². The van der Waals surface area contributed by atoms with E-state index in [0.717, 1.165) is 38.7 Å². The smallest absolute Gasteiger partial charge is 0.205 e. The highest BCUT2D eigenvalue weighted by Gasteiger charge is 1.97. The van der Waals surface area contributed by atoms with E-state index in [4.69, 9.17) is 11.2 Å². The number of hydrogen-bond acceptors (Lipinski definition) is 2. The van der Waals surface area contributed by atoms with Crippen molar-refractivity contribution in [1.82, 2.24) is 0 Å². The van der Waals surface area contributed by atoms with Crippen LogP contribution in [0.15, 0.2) is 30.3 Å². The van der Waals surface area contributed by atoms with E-state index < -0.39 is 0 Å². The molecule has 0 fully saturated rings. The molecule has 102 valence electrons. The third-order valence-corrected chi connectivity index (χ3v) is 2.97. The van der Waals surface area contributed by atoms with E-state index >= 15 is 0 Å². The molecule has 0 saturated heterocycles. The molecule has 0 aliphatic heterocycles. The SMILES string of the molecule is C#CC(=O)CCCCCCCOCc1ccccc1. The Morgan fingerprint density at radius 1 is 1.05 bits per heavy atom. The van der Waals surface area contributed by atoms with Gasteiger partial charge < -0.3 is 4.74 Å². The lowest BCUT2D eigenvalue weighted by molar-refractivity contribution is -0.113. The van der Waals surface area contributed by atoms with Gasteiger partial charge in [-0.2, -0.15) is 0 Å². The highest BCUT2D eigenvalue weighted by molar-refractivity contribution is 5.94. The van der Waals surface area contributed by atoms with Gasteiger partial charge >= 0.3 is 0 Å². The Morgan fingerprint density at radius 2 is 1.74 bits per heavy atom. The third-order valence-electron chi connectivity index (χ3n) is 2.97. The van der Waals surface area contributed by atoms with Crippen molar-refractivity contribution in [1.29, 1.82) is 0 Å². The Labute approximate surface area is 116 Å². The Kier molecular flexibility index (Phi) is 8.42. The van der Waals surface area contributed by atoms with Gasteiger partial charge in [-0.05, 0) is 24.3 Å². The van der Waals surface area contributed by atoms with Gasteiger partial charge in [-0.1, -0.05) is 49.6 Å². The number of unbranched alkanes of at least 4 members (excludes halogenated alkanes) is 4. The summed E-state index contributed by atoms with van der Waals surface area (Å²) in [5.74, 6) is 2.06. The fourth-order valence-electron chi connectivity index (χ4n) is 1.86. The van der Waals surface area contributed by atoms with Crippen LogP contribution in [-0.2, 0) is 16.1 Å². The van der Waals surface area contributed by atoms with Crippen molar-refractivity contribution < 1.29 is 9.53 Å². The average Bonchev–Trinajstić information content (AvgIpc) is 2.46. The topological polar surface area (TPSA) is 26.3 Å². The number of carbonyl (C=O) groups excluding carboxylic acids is 1. The molecular weight excluding hydrogens is 236 g/mol. The Balaban J connectivity index is 1.87. The Morgan fingerprint density at radius 3 is 2.47 bits per heavy atom. The lowest BCUT2D eigenvalue weighted by Crippen LogP contribution is -1.96. The molecule has 2 nitrogen and oxygen atoms in total. The van der Waals surface area contributed by atoms with E-state index in [2.05, 4.69) is 18.1 Å². The molecule has 0 saturated carbocycles. The van der Waals surface area contributed by atoms with Crippen molar-refractivity contribution in [2.75, 3.05) is 6.61 Å². The van der Waals surface area contributed by atoms with Crippen LogP contribution in [0.25, 0.3) is 0 Å². The van der Waals surface area contributed by atoms with Crippen LogP contribution in [0.5, 0.6) is 0 Å². The van der Waals surface area contributed by atoms with Gasteiger partial charge in [-0.15, -0.1) is 6.42 Å². The van der Waals surface area contributed by atoms with Gasteiger partial charge in [0.2, 0.25) is 5.78 Å². The van der Waals surface area contributed by atoms with Crippen molar-refractivity contribution in [3.63, 3.8) is 0 Å². The molecule has 19 heavy (non-hydrogen) atoms. The second-order valence-electron chi connectivity index (χ2n) is 4.62. The summed E-state index contributed by atoms with van der Waals surface area (Å²) >= 11 is 0. The summed E-state index contributed by atoms with van der Waals surface area (Å²) < 4.78 is 5.60. The maximum atomic E-state index is 10.9. The molecule has 0 amide bonds. The normalized spacial score (nSPS) is 10.1. The van der Waals surface area contributed by atoms with Gasteiger partial charge in [0.1, 0.15) is 0 Å². The molecule has 0 N–H and O–H groups in total. The number of benzene rings is 1. The van der Waals surface area contributed by atoms with E-state index in [1.54, 1.807) is 0 Å². The number of ether oxygens (including phenoxy) is 1. The van der Waals surface area contributed by atoms with Crippen molar-refractivity contribution in [2.24, 2.45) is 0 Å². The monoisotopic (exact) mass is 258 g/mol. The summed E-state index contributed by atoms with van der Waals surface area (Å²) in [5.41, 5.74) is 1.22. The molecule has 1 aromatic carbocycles. The molecule has 1 rings (SSSR count). The maximum Gasteiger partial charge on any atom is 0.205 e. The third kappa shape index (κ3) is 8.18. The minimum atomic E-state index is -0.0776. The predicted octanol–water partition coefficient (Wildman–Crippen LogP) is 3.75. The Bertz CT molecular complexity index is 389. The predicted molar refractivity (Wildman–Crippen MR) is 77.6 cm³/mol. The number of carbonyl (C=O) groups is 1. The van der Waals surface area contributed by atoms with Crippen molar-refractivity contribution >= 4 is 5.78 Å². The zero-order valence-corrected chi connectivity index (χ0v) is 11.4. The number of Topliss-reactive ketones (excluding diaryl/α,β-unsaturated/α-hetero) is 1. The Hall–Kier alpha value is -1.59. The minimum Gasteiger partial charge on any atom is -0.377 e. The van der Waals surface area contributed by atoms with Gasteiger partial charge in [-0.3, -0.25) is 4.79 Å². The van der Waals surface area contributed by atoms with Crippen LogP contribution in [0.2, 0.25) is 0 Å². The molecule has 0 heterocycles. The zero-order chi connectivity index (χ0) is 13.8. The number of hydrogen-bond donors (Lipinski definition) is 0. The molecule has 0 bridgehead atoms. The van der Waals surface area contributed by atoms with Gasteiger partial charge in [0, 0.05) is 13.0 Å². The molecule has 0 atom stereocenters. The van der Waals surface area contributed by atoms with Gasteiger partial charge in [0.15, 0.2) is 0 Å². The summed E-state index contributed by atoms with van der Waals surface area (Å²) in [4.78, 5) is 10.9. The van der Waals surface area contributed by atoms with Crippen LogP contribution in [0.1, 0.15) is 44.1 Å². The molecule has 1 aromatic rings. The largest absolute Gasteiger partial charge is 0.377 e. The van der Waals surface area contributed by atoms with Crippen LogP contribution >= 0.6 is 0 Å². The first-order chi connectivity index (χ1) is 9.33. The van der Waals surface area contributed by atoms with Gasteiger partial charge in [-0.25, -0.2) is 0 Å². The molecule has 0 unspecified atom stereocenters. The molecule has 0 aliphatic rings. The summed E-state index contributed by atoms with van der Waals surface area (Å²) in [6.07, 6.45) is 10.9. The average molecular weight is 258 g/mol. The second kappa shape index (κ2) is 10.3. The minimum absolute atomic E-state index is 0.0776.